The van der Waals surface area contributed by atoms with Gasteiger partial charge in [-0.3, -0.25) is 77.1 Å². The zero-order valence-corrected chi connectivity index (χ0v) is 69.8. The maximum Gasteiger partial charge on any atom is 0.326 e. The lowest BCUT2D eigenvalue weighted by atomic mass is 9.96. The average molecular weight is 1670 g/mol. The minimum absolute atomic E-state index is 0.0159. The van der Waals surface area contributed by atoms with E-state index in [9.17, 15) is 87.5 Å². The van der Waals surface area contributed by atoms with Crippen LogP contribution in [-0.2, 0) is 84.8 Å². The number of benzene rings is 2. The van der Waals surface area contributed by atoms with E-state index in [1.807, 2.05) is 13.8 Å². The van der Waals surface area contributed by atoms with Crippen LogP contribution in [0.25, 0.3) is 0 Å². The first-order chi connectivity index (χ1) is 55.0. The fourth-order valence-corrected chi connectivity index (χ4v) is 12.0. The maximum absolute atomic E-state index is 14.8. The zero-order chi connectivity index (χ0) is 88.8. The van der Waals surface area contributed by atoms with Crippen LogP contribution in [0.1, 0.15) is 158 Å². The van der Waals surface area contributed by atoms with E-state index in [0.29, 0.717) is 16.9 Å². The van der Waals surface area contributed by atoms with Crippen LogP contribution in [0, 0.1) is 29.6 Å². The number of carboxylic acids is 3. The first-order valence-electron chi connectivity index (χ1n) is 38.9. The van der Waals surface area contributed by atoms with Crippen molar-refractivity contribution < 1.29 is 97.5 Å². The van der Waals surface area contributed by atoms with Gasteiger partial charge in [0.15, 0.2) is 11.9 Å². The van der Waals surface area contributed by atoms with Gasteiger partial charge in [-0.2, -0.15) is 11.8 Å². The minimum Gasteiger partial charge on any atom is -0.481 e. The predicted octanol–water partition coefficient (Wildman–Crippen LogP) is -2.66. The number of guanidine groups is 2. The van der Waals surface area contributed by atoms with Crippen LogP contribution in [0.3, 0.4) is 0 Å². The molecule has 0 aliphatic rings. The topological polar surface area (TPSA) is 656 Å². The van der Waals surface area contributed by atoms with Crippen LogP contribution in [0.2, 0.25) is 0 Å². The summed E-state index contributed by atoms with van der Waals surface area (Å²) in [5, 5.41) is 78.9. The summed E-state index contributed by atoms with van der Waals surface area (Å²) in [7, 11) is 0. The van der Waals surface area contributed by atoms with Crippen molar-refractivity contribution in [2.75, 3.05) is 38.3 Å². The Hall–Kier alpha value is -10.7. The molecule has 0 heterocycles. The molecular formula is C77H127N19O20S. The summed E-state index contributed by atoms with van der Waals surface area (Å²) in [5.74, 6) is -16.7. The lowest BCUT2D eigenvalue weighted by molar-refractivity contribution is -0.142. The summed E-state index contributed by atoms with van der Waals surface area (Å²) >= 11 is 1.38. The highest BCUT2D eigenvalue weighted by Crippen LogP contribution is 2.17. The van der Waals surface area contributed by atoms with Gasteiger partial charge >= 0.3 is 11.9 Å². The van der Waals surface area contributed by atoms with Gasteiger partial charge in [-0.1, -0.05) is 136 Å². The van der Waals surface area contributed by atoms with Crippen molar-refractivity contribution in [1.29, 1.82) is 0 Å². The molecule has 40 heteroatoms. The van der Waals surface area contributed by atoms with Crippen LogP contribution in [0.15, 0.2) is 70.6 Å². The quantitative estimate of drug-likeness (QED) is 0.0183. The smallest absolute Gasteiger partial charge is 0.326 e. The molecule has 0 spiro atoms. The largest absolute Gasteiger partial charge is 0.481 e. The molecule has 0 aliphatic carbocycles. The molecule has 0 bridgehead atoms. The van der Waals surface area contributed by atoms with Crippen molar-refractivity contribution in [3.8, 4) is 0 Å². The number of carbonyl (C=O) groups excluding carboxylic acids is 12. The fourth-order valence-electron chi connectivity index (χ4n) is 11.6. The Morgan fingerprint density at radius 1 is 0.402 bits per heavy atom. The van der Waals surface area contributed by atoms with Gasteiger partial charge < -0.3 is 118 Å². The molecule has 14 unspecified atom stereocenters. The molecule has 0 aromatic heterocycles. The van der Waals surface area contributed by atoms with Gasteiger partial charge in [-0.25, -0.2) is 4.79 Å². The number of hydrogen-bond acceptors (Lipinski definition) is 21. The number of carboxylic acid groups (broad SMARTS) is 3. The monoisotopic (exact) mass is 1670 g/mol. The summed E-state index contributed by atoms with van der Waals surface area (Å²) in [5.41, 5.74) is 29.4. The Balaban J connectivity index is 0.0000167. The molecule has 0 saturated carbocycles. The van der Waals surface area contributed by atoms with E-state index in [1.165, 1.54) is 11.8 Å². The average Bonchev–Trinajstić information content (AvgIpc) is 0.845. The number of nitrogens with one attached hydrogen (secondary N) is 12. The molecule has 39 nitrogen and oxygen atoms in total. The van der Waals surface area contributed by atoms with Gasteiger partial charge in [0.1, 0.15) is 72.5 Å². The number of aliphatic hydroxyl groups excluding tert-OH is 2. The molecule has 2 rings (SSSR count). The normalized spacial score (nSPS) is 14.7. The molecule has 0 radical (unpaired) electrons. The van der Waals surface area contributed by atoms with Crippen LogP contribution in [0.5, 0.6) is 0 Å². The maximum atomic E-state index is 14.8. The number of aliphatic hydroxyl groups is 2. The Labute approximate surface area is 687 Å². The number of aliphatic imine (C=N–C) groups is 2. The first-order valence-corrected chi connectivity index (χ1v) is 40.3. The van der Waals surface area contributed by atoms with E-state index in [-0.39, 0.29) is 113 Å². The number of nitrogens with zero attached hydrogens (tertiary/aromatic N) is 2. The third kappa shape index (κ3) is 42.6. The number of hydrogen-bond donors (Lipinski definition) is 22. The van der Waals surface area contributed by atoms with Crippen molar-refractivity contribution in [3.63, 3.8) is 0 Å². The Morgan fingerprint density at radius 3 is 1.09 bits per heavy atom. The second-order valence-corrected chi connectivity index (χ2v) is 30.9. The highest BCUT2D eigenvalue weighted by atomic mass is 32.2. The number of amides is 12. The standard InChI is InChI=1S/C75H123N19O18S.C2H4O2/c1-12-44(10)60(94-70(108)57(39-96)92-63(101)50(27-28-58(97)98)83-61(99)47(76)33-40(2)3)72(110)90-55(37-46-23-17-14-18-24-46)68(106)84-48(25-19-30-81-74(77)78)62(100)91-56(38-95)69(107)88-53(35-42(6)7)65(103)87-52(34-41(4)5)66(104)89-54(36-45-21-15-13-16-22-45)67(105)85-49(26-20-31-82-75(79)80)64(102)93-59(43(8)9)71(109)86-51(73(111)112)29-32-113-11;1-2(3)4/h13-18,21-24,40-44,47-57,59-60,95-96H,12,19-20,25-39,76H2,1-11H3,(H,83,99)(H,84,106)(H,85,105)(H,86,109)(H,87,103)(H,88,107)(H,89,104)(H,90,110)(H,91,100)(H,92,101)(H,93,102)(H,94,108)(H,97,98)(H,111,112)(H4,77,78,81)(H4,79,80,82);1H3,(H,3,4). The summed E-state index contributed by atoms with van der Waals surface area (Å²) in [4.78, 5) is 212. The van der Waals surface area contributed by atoms with Gasteiger partial charge in [-0.15, -0.1) is 0 Å². The lowest BCUT2D eigenvalue weighted by Crippen LogP contribution is -2.62. The van der Waals surface area contributed by atoms with E-state index >= 15 is 0 Å². The number of carbonyl (C=O) groups is 15. The van der Waals surface area contributed by atoms with Crippen LogP contribution < -0.4 is 92.5 Å². The highest BCUT2D eigenvalue weighted by molar-refractivity contribution is 7.98. The molecule has 0 aliphatic heterocycles. The van der Waals surface area contributed by atoms with E-state index in [1.54, 1.807) is 122 Å². The second-order valence-electron chi connectivity index (χ2n) is 29.9. The van der Waals surface area contributed by atoms with Crippen molar-refractivity contribution in [2.24, 2.45) is 68.2 Å². The third-order valence-electron chi connectivity index (χ3n) is 17.9. The second kappa shape index (κ2) is 55.8. The summed E-state index contributed by atoms with van der Waals surface area (Å²) in [6, 6.07) is -2.19. The third-order valence-corrected chi connectivity index (χ3v) is 18.6. The minimum atomic E-state index is -1.83. The predicted molar refractivity (Wildman–Crippen MR) is 439 cm³/mol. The van der Waals surface area contributed by atoms with E-state index in [4.69, 9.17) is 38.6 Å². The first kappa shape index (κ1) is 104. The number of rotatable bonds is 54. The van der Waals surface area contributed by atoms with Crippen LogP contribution in [-0.4, -0.2) is 243 Å². The molecule has 0 fully saturated rings. The molecule has 14 atom stereocenters. The van der Waals surface area contributed by atoms with Crippen LogP contribution >= 0.6 is 11.8 Å². The Kier molecular flexibility index (Phi) is 49.7. The highest BCUT2D eigenvalue weighted by Gasteiger charge is 2.39. The van der Waals surface area contributed by atoms with Gasteiger partial charge in [-0.05, 0) is 111 Å². The number of aliphatic carboxylic acids is 3. The molecule has 0 saturated heterocycles. The Bertz CT molecular complexity index is 3590. The molecule has 27 N–H and O–H groups in total. The fraction of sp³-hybridized carbons (Fsp3) is 0.623. The number of thioether (sulfide) groups is 1. The van der Waals surface area contributed by atoms with Gasteiger partial charge in [0, 0.05) is 39.3 Å². The zero-order valence-electron chi connectivity index (χ0n) is 68.9. The molecule has 2 aromatic rings. The van der Waals surface area contributed by atoms with Gasteiger partial charge in [0.2, 0.25) is 70.9 Å². The molecule has 117 heavy (non-hydrogen) atoms. The molecule has 656 valence electrons. The van der Waals surface area contributed by atoms with Crippen molar-refractivity contribution in [2.45, 2.75) is 238 Å². The molecule has 2 aromatic carbocycles. The number of nitrogens with two attached hydrogens (primary N) is 5. The SMILES string of the molecule is CC(=O)O.CCC(C)C(NC(=O)C(CO)NC(=O)C(CCC(=O)O)NC(=O)C(N)CC(C)C)C(=O)NC(Cc1ccccc1)C(=O)NC(CCCN=C(N)N)C(=O)NC(CO)C(=O)NC(CC(C)C)C(=O)NC(CC(C)C)C(=O)NC(Cc1ccccc1)C(=O)NC(CCCN=C(N)N)C(=O)NC(C(=O)NC(CCSC)C(=O)O)C(C)C. The van der Waals surface area contributed by atoms with Crippen molar-refractivity contribution in [1.82, 2.24) is 63.8 Å². The van der Waals surface area contributed by atoms with Crippen molar-refractivity contribution in [3.05, 3.63) is 71.8 Å². The van der Waals surface area contributed by atoms with Crippen LogP contribution in [0.4, 0.5) is 0 Å². The molecular weight excluding hydrogens is 1540 g/mol. The molecule has 12 amide bonds. The summed E-state index contributed by atoms with van der Waals surface area (Å²) < 4.78 is 0. The van der Waals surface area contributed by atoms with Gasteiger partial charge in [0.25, 0.3) is 5.97 Å². The Morgan fingerprint density at radius 2 is 0.718 bits per heavy atom. The summed E-state index contributed by atoms with van der Waals surface area (Å²) in [6.45, 7) is 16.1. The lowest BCUT2D eigenvalue weighted by Gasteiger charge is -2.30. The van der Waals surface area contributed by atoms with Gasteiger partial charge in [0.05, 0.1) is 19.3 Å². The van der Waals surface area contributed by atoms with E-state index < -0.39 is 205 Å². The summed E-state index contributed by atoms with van der Waals surface area (Å²) in [6.07, 6.45) is 0.655. The van der Waals surface area contributed by atoms with E-state index in [0.717, 1.165) is 6.92 Å². The van der Waals surface area contributed by atoms with E-state index in [2.05, 4.69) is 73.8 Å². The van der Waals surface area contributed by atoms with Crippen molar-refractivity contribution >= 4 is 112 Å².